The Morgan fingerprint density at radius 1 is 1.05 bits per heavy atom. The summed E-state index contributed by atoms with van der Waals surface area (Å²) in [5.41, 5.74) is 0. The van der Waals surface area contributed by atoms with Crippen molar-refractivity contribution in [1.82, 2.24) is 10.2 Å². The monoisotopic (exact) mass is 352 g/mol. The van der Waals surface area contributed by atoms with E-state index in [1.165, 1.54) is 0 Å². The minimum absolute atomic E-state index is 0.248. The topological polar surface area (TPSA) is 72.3 Å². The van der Waals surface area contributed by atoms with E-state index in [0.717, 1.165) is 4.90 Å². The zero-order chi connectivity index (χ0) is 13.9. The fourth-order valence-corrected chi connectivity index (χ4v) is 2.57. The number of aromatic hydroxyl groups is 1. The Labute approximate surface area is 127 Å². The van der Waals surface area contributed by atoms with Crippen LogP contribution in [0.5, 0.6) is 5.75 Å². The first kappa shape index (κ1) is 13.3. The number of nitrogens with zero attached hydrogens (tertiary/aromatic N) is 2. The second kappa shape index (κ2) is 5.72. The van der Waals surface area contributed by atoms with Crippen molar-refractivity contribution in [3.05, 3.63) is 47.0 Å². The lowest BCUT2D eigenvalue weighted by molar-refractivity contribution is 0.475. The van der Waals surface area contributed by atoms with Crippen LogP contribution >= 0.6 is 27.7 Å². The van der Waals surface area contributed by atoms with Crippen molar-refractivity contribution in [3.63, 3.8) is 0 Å². The molecule has 0 saturated heterocycles. The largest absolute Gasteiger partial charge is 0.508 e. The zero-order valence-electron chi connectivity index (χ0n) is 10.1. The van der Waals surface area contributed by atoms with E-state index < -0.39 is 0 Å². The first-order chi connectivity index (χ1) is 9.70. The zero-order valence-corrected chi connectivity index (χ0v) is 12.5. The van der Waals surface area contributed by atoms with Gasteiger partial charge in [-0.1, -0.05) is 0 Å². The molecular formula is C13H9BrN2O3S. The van der Waals surface area contributed by atoms with Crippen molar-refractivity contribution < 1.29 is 13.9 Å². The summed E-state index contributed by atoms with van der Waals surface area (Å²) in [6.45, 7) is 0. The van der Waals surface area contributed by atoms with Gasteiger partial charge in [-0.25, -0.2) is 0 Å². The first-order valence-corrected chi connectivity index (χ1v) is 7.48. The Morgan fingerprint density at radius 2 is 1.85 bits per heavy atom. The van der Waals surface area contributed by atoms with Gasteiger partial charge in [0, 0.05) is 4.90 Å². The Hall–Kier alpha value is -1.73. The fourth-order valence-electron chi connectivity index (χ4n) is 1.53. The molecule has 3 rings (SSSR count). The lowest BCUT2D eigenvalue weighted by Gasteiger charge is -1.98. The van der Waals surface area contributed by atoms with Gasteiger partial charge in [-0.05, 0) is 52.3 Å². The third kappa shape index (κ3) is 3.05. The van der Waals surface area contributed by atoms with Gasteiger partial charge in [0.15, 0.2) is 10.4 Å². The second-order valence-electron chi connectivity index (χ2n) is 3.89. The number of furan rings is 1. The number of rotatable bonds is 4. The van der Waals surface area contributed by atoms with Crippen LogP contribution in [0.25, 0.3) is 11.7 Å². The van der Waals surface area contributed by atoms with Gasteiger partial charge in [0.2, 0.25) is 5.89 Å². The van der Waals surface area contributed by atoms with Crippen molar-refractivity contribution in [1.29, 1.82) is 0 Å². The molecule has 0 radical (unpaired) electrons. The number of phenols is 1. The van der Waals surface area contributed by atoms with Crippen LogP contribution in [-0.2, 0) is 5.75 Å². The molecule has 0 amide bonds. The summed E-state index contributed by atoms with van der Waals surface area (Å²) in [7, 11) is 0. The molecule has 2 heterocycles. The highest BCUT2D eigenvalue weighted by atomic mass is 79.9. The van der Waals surface area contributed by atoms with Crippen molar-refractivity contribution in [2.75, 3.05) is 0 Å². The molecule has 0 saturated carbocycles. The van der Waals surface area contributed by atoms with Gasteiger partial charge >= 0.3 is 0 Å². The molecular weight excluding hydrogens is 344 g/mol. The van der Waals surface area contributed by atoms with Gasteiger partial charge in [-0.15, -0.1) is 22.0 Å². The molecule has 0 bridgehead atoms. The van der Waals surface area contributed by atoms with Crippen molar-refractivity contribution in [2.45, 2.75) is 10.6 Å². The molecule has 7 heteroatoms. The summed E-state index contributed by atoms with van der Waals surface area (Å²) in [6, 6.07) is 10.5. The Bertz CT molecular complexity index is 708. The number of phenolic OH excluding ortho intramolecular Hbond substituents is 1. The second-order valence-corrected chi connectivity index (χ2v) is 5.72. The third-order valence-corrected chi connectivity index (χ3v) is 3.87. The molecule has 20 heavy (non-hydrogen) atoms. The maximum atomic E-state index is 9.21. The first-order valence-electron chi connectivity index (χ1n) is 5.70. The van der Waals surface area contributed by atoms with E-state index >= 15 is 0 Å². The van der Waals surface area contributed by atoms with E-state index in [4.69, 9.17) is 8.83 Å². The molecule has 0 atom stereocenters. The van der Waals surface area contributed by atoms with Gasteiger partial charge in [-0.2, -0.15) is 0 Å². The Kier molecular flexibility index (Phi) is 3.79. The summed E-state index contributed by atoms with van der Waals surface area (Å²) < 4.78 is 11.5. The van der Waals surface area contributed by atoms with E-state index in [1.54, 1.807) is 36.0 Å². The molecule has 0 spiro atoms. The average Bonchev–Trinajstić information content (AvgIpc) is 3.07. The average molecular weight is 353 g/mol. The molecule has 1 N–H and O–H groups in total. The lowest BCUT2D eigenvalue weighted by atomic mass is 10.3. The number of benzene rings is 1. The van der Waals surface area contributed by atoms with Crippen LogP contribution in [0.15, 0.2) is 54.8 Å². The van der Waals surface area contributed by atoms with E-state index in [9.17, 15) is 5.11 Å². The number of hydrogen-bond acceptors (Lipinski definition) is 6. The molecule has 0 fully saturated rings. The highest BCUT2D eigenvalue weighted by Gasteiger charge is 2.12. The minimum Gasteiger partial charge on any atom is -0.508 e. The predicted octanol–water partition coefficient (Wildman–Crippen LogP) is 4.09. The maximum absolute atomic E-state index is 9.21. The van der Waals surface area contributed by atoms with Crippen LogP contribution in [-0.4, -0.2) is 15.3 Å². The molecule has 3 aromatic rings. The van der Waals surface area contributed by atoms with E-state index in [1.807, 2.05) is 12.1 Å². The quantitative estimate of drug-likeness (QED) is 0.713. The van der Waals surface area contributed by atoms with E-state index in [2.05, 4.69) is 26.1 Å². The molecule has 0 aliphatic carbocycles. The molecule has 0 unspecified atom stereocenters. The Morgan fingerprint density at radius 3 is 2.55 bits per heavy atom. The summed E-state index contributed by atoms with van der Waals surface area (Å²) >= 11 is 4.77. The minimum atomic E-state index is 0.248. The van der Waals surface area contributed by atoms with Gasteiger partial charge in [-0.3, -0.25) is 0 Å². The van der Waals surface area contributed by atoms with E-state index in [-0.39, 0.29) is 5.75 Å². The smallest absolute Gasteiger partial charge is 0.283 e. The summed E-state index contributed by atoms with van der Waals surface area (Å²) in [4.78, 5) is 1.02. The fraction of sp³-hybridized carbons (Fsp3) is 0.0769. The van der Waals surface area contributed by atoms with Gasteiger partial charge in [0.1, 0.15) is 5.75 Å². The highest BCUT2D eigenvalue weighted by molar-refractivity contribution is 9.10. The van der Waals surface area contributed by atoms with Crippen LogP contribution in [0.2, 0.25) is 0 Å². The van der Waals surface area contributed by atoms with Gasteiger partial charge in [0.05, 0.1) is 5.75 Å². The standard InChI is InChI=1S/C13H9BrN2O3S/c14-11-6-5-10(18-11)13-16-15-12(19-13)7-20-9-3-1-8(17)2-4-9/h1-6,17H,7H2. The number of hydrogen-bond donors (Lipinski definition) is 1. The van der Waals surface area contributed by atoms with Crippen LogP contribution < -0.4 is 0 Å². The third-order valence-electron chi connectivity index (χ3n) is 2.45. The number of aromatic nitrogens is 2. The Balaban J connectivity index is 1.67. The highest BCUT2D eigenvalue weighted by Crippen LogP contribution is 2.27. The number of halogens is 1. The van der Waals surface area contributed by atoms with Crippen LogP contribution in [0.1, 0.15) is 5.89 Å². The van der Waals surface area contributed by atoms with Crippen LogP contribution in [0.3, 0.4) is 0 Å². The molecule has 102 valence electrons. The number of thioether (sulfide) groups is 1. The maximum Gasteiger partial charge on any atom is 0.283 e. The normalized spacial score (nSPS) is 10.8. The van der Waals surface area contributed by atoms with Crippen LogP contribution in [0.4, 0.5) is 0 Å². The van der Waals surface area contributed by atoms with Crippen molar-refractivity contribution in [2.24, 2.45) is 0 Å². The molecule has 0 aliphatic heterocycles. The lowest BCUT2D eigenvalue weighted by Crippen LogP contribution is -1.80. The molecule has 2 aromatic heterocycles. The summed E-state index contributed by atoms with van der Waals surface area (Å²) in [6.07, 6.45) is 0. The predicted molar refractivity (Wildman–Crippen MR) is 77.4 cm³/mol. The molecule has 1 aromatic carbocycles. The van der Waals surface area contributed by atoms with Gasteiger partial charge in [0.25, 0.3) is 5.89 Å². The van der Waals surface area contributed by atoms with E-state index in [0.29, 0.717) is 28.0 Å². The summed E-state index contributed by atoms with van der Waals surface area (Å²) in [5.74, 6) is 2.21. The van der Waals surface area contributed by atoms with Crippen molar-refractivity contribution >= 4 is 27.7 Å². The van der Waals surface area contributed by atoms with Crippen LogP contribution in [0, 0.1) is 0 Å². The van der Waals surface area contributed by atoms with Gasteiger partial charge < -0.3 is 13.9 Å². The molecule has 5 nitrogen and oxygen atoms in total. The summed E-state index contributed by atoms with van der Waals surface area (Å²) in [5, 5.41) is 17.1. The SMILES string of the molecule is Oc1ccc(SCc2nnc(-c3ccc(Br)o3)o2)cc1. The van der Waals surface area contributed by atoms with Crippen molar-refractivity contribution in [3.8, 4) is 17.4 Å². The molecule has 0 aliphatic rings.